The highest BCUT2D eigenvalue weighted by atomic mass is 32.2. The summed E-state index contributed by atoms with van der Waals surface area (Å²) in [6, 6.07) is 4.44. The predicted molar refractivity (Wildman–Crippen MR) is 67.0 cm³/mol. The summed E-state index contributed by atoms with van der Waals surface area (Å²) in [6.07, 6.45) is 1.22. The molecule has 1 aromatic heterocycles. The molecular formula is C11H15NOS2. The molecule has 1 atom stereocenters. The maximum atomic E-state index is 11.8. The van der Waals surface area contributed by atoms with Crippen LogP contribution in [0.2, 0.25) is 0 Å². The average molecular weight is 241 g/mol. The van der Waals surface area contributed by atoms with Crippen molar-refractivity contribution in [1.82, 2.24) is 4.90 Å². The van der Waals surface area contributed by atoms with Gasteiger partial charge in [0.25, 0.3) is 0 Å². The second-order valence-corrected chi connectivity index (χ2v) is 5.93. The van der Waals surface area contributed by atoms with Crippen LogP contribution in [-0.2, 0) is 0 Å². The minimum Gasteiger partial charge on any atom is -0.295 e. The van der Waals surface area contributed by atoms with E-state index in [0.717, 1.165) is 4.88 Å². The van der Waals surface area contributed by atoms with Crippen molar-refractivity contribution in [3.8, 4) is 0 Å². The highest BCUT2D eigenvalue weighted by Gasteiger charge is 2.22. The molecule has 1 aliphatic rings. The molecule has 0 aliphatic carbocycles. The van der Waals surface area contributed by atoms with E-state index in [9.17, 15) is 4.79 Å². The normalized spacial score (nSPS) is 21.1. The summed E-state index contributed by atoms with van der Waals surface area (Å²) in [6.45, 7) is 0.561. The van der Waals surface area contributed by atoms with Gasteiger partial charge in [0.1, 0.15) is 0 Å². The van der Waals surface area contributed by atoms with Gasteiger partial charge >= 0.3 is 0 Å². The third-order valence-electron chi connectivity index (χ3n) is 2.72. The van der Waals surface area contributed by atoms with E-state index < -0.39 is 0 Å². The van der Waals surface area contributed by atoms with Crippen molar-refractivity contribution in [1.29, 1.82) is 0 Å². The molecule has 0 radical (unpaired) electrons. The summed E-state index contributed by atoms with van der Waals surface area (Å²) in [7, 11) is 2.06. The zero-order valence-electron chi connectivity index (χ0n) is 8.81. The summed E-state index contributed by atoms with van der Waals surface area (Å²) in [5.74, 6) is 2.67. The van der Waals surface area contributed by atoms with Crippen LogP contribution in [0, 0.1) is 0 Å². The Bertz CT molecular complexity index is 317. The summed E-state index contributed by atoms with van der Waals surface area (Å²) < 4.78 is 0. The monoisotopic (exact) mass is 241 g/mol. The van der Waals surface area contributed by atoms with Crippen molar-refractivity contribution in [2.45, 2.75) is 12.5 Å². The highest BCUT2D eigenvalue weighted by Crippen LogP contribution is 2.21. The molecule has 0 aromatic carbocycles. The van der Waals surface area contributed by atoms with Crippen LogP contribution < -0.4 is 0 Å². The fourth-order valence-electron chi connectivity index (χ4n) is 1.74. The number of nitrogens with zero attached hydrogens (tertiary/aromatic N) is 1. The predicted octanol–water partition coefficient (Wildman–Crippen LogP) is 2.37. The molecule has 0 saturated carbocycles. The van der Waals surface area contributed by atoms with Crippen molar-refractivity contribution in [3.05, 3.63) is 22.4 Å². The number of Topliss-reactive ketones (excluding diaryl/α,β-unsaturated/α-hetero) is 1. The van der Waals surface area contributed by atoms with Crippen molar-refractivity contribution in [3.63, 3.8) is 0 Å². The van der Waals surface area contributed by atoms with Gasteiger partial charge < -0.3 is 0 Å². The van der Waals surface area contributed by atoms with Crippen molar-refractivity contribution < 1.29 is 4.79 Å². The Labute approximate surface area is 98.7 Å². The Morgan fingerprint density at radius 3 is 3.13 bits per heavy atom. The second kappa shape index (κ2) is 5.14. The third-order valence-corrected chi connectivity index (χ3v) is 4.77. The number of thioether (sulfide) groups is 1. The van der Waals surface area contributed by atoms with Crippen LogP contribution >= 0.6 is 23.1 Å². The van der Waals surface area contributed by atoms with E-state index in [1.54, 1.807) is 0 Å². The average Bonchev–Trinajstić information content (AvgIpc) is 2.91. The topological polar surface area (TPSA) is 20.3 Å². The summed E-state index contributed by atoms with van der Waals surface area (Å²) in [4.78, 5) is 14.9. The molecule has 0 amide bonds. The first-order valence-electron chi connectivity index (χ1n) is 5.12. The standard InChI is InChI=1S/C11H15NOS2/c1-12(9-4-6-14-8-9)7-10(13)11-3-2-5-15-11/h2-3,5,9H,4,6-8H2,1H3. The zero-order chi connectivity index (χ0) is 10.7. The van der Waals surface area contributed by atoms with Gasteiger partial charge in [0.05, 0.1) is 11.4 Å². The van der Waals surface area contributed by atoms with Crippen LogP contribution in [0.4, 0.5) is 0 Å². The van der Waals surface area contributed by atoms with Gasteiger partial charge in [0.2, 0.25) is 0 Å². The Hall–Kier alpha value is -0.320. The van der Waals surface area contributed by atoms with Gasteiger partial charge in [-0.25, -0.2) is 0 Å². The molecular weight excluding hydrogens is 226 g/mol. The molecule has 2 nitrogen and oxygen atoms in total. The van der Waals surface area contributed by atoms with Crippen LogP contribution in [0.15, 0.2) is 17.5 Å². The maximum Gasteiger partial charge on any atom is 0.186 e. The molecule has 1 saturated heterocycles. The molecule has 2 rings (SSSR count). The zero-order valence-corrected chi connectivity index (χ0v) is 10.4. The minimum atomic E-state index is 0.254. The van der Waals surface area contributed by atoms with E-state index in [1.807, 2.05) is 29.3 Å². The molecule has 82 valence electrons. The molecule has 1 aromatic rings. The van der Waals surface area contributed by atoms with Crippen LogP contribution in [0.25, 0.3) is 0 Å². The molecule has 1 aliphatic heterocycles. The number of rotatable bonds is 4. The second-order valence-electron chi connectivity index (χ2n) is 3.83. The van der Waals surface area contributed by atoms with Gasteiger partial charge in [-0.1, -0.05) is 6.07 Å². The van der Waals surface area contributed by atoms with E-state index >= 15 is 0 Å². The fourth-order valence-corrected chi connectivity index (χ4v) is 3.70. The Morgan fingerprint density at radius 2 is 2.53 bits per heavy atom. The summed E-state index contributed by atoms with van der Waals surface area (Å²) in [5.41, 5.74) is 0. The fraction of sp³-hybridized carbons (Fsp3) is 0.545. The van der Waals surface area contributed by atoms with Crippen molar-refractivity contribution >= 4 is 28.9 Å². The molecule has 0 spiro atoms. The molecule has 2 heterocycles. The van der Waals surface area contributed by atoms with Crippen LogP contribution in [0.5, 0.6) is 0 Å². The molecule has 0 N–H and O–H groups in total. The first-order valence-corrected chi connectivity index (χ1v) is 7.15. The van der Waals surface area contributed by atoms with Gasteiger partial charge in [-0.2, -0.15) is 11.8 Å². The Balaban J connectivity index is 1.88. The van der Waals surface area contributed by atoms with E-state index in [1.165, 1.54) is 29.3 Å². The quantitative estimate of drug-likeness (QED) is 0.755. The largest absolute Gasteiger partial charge is 0.295 e. The number of hydrogen-bond donors (Lipinski definition) is 0. The summed E-state index contributed by atoms with van der Waals surface area (Å²) >= 11 is 3.52. The Morgan fingerprint density at radius 1 is 1.67 bits per heavy atom. The van der Waals surface area contributed by atoms with Crippen molar-refractivity contribution in [2.75, 3.05) is 25.1 Å². The molecule has 0 bridgehead atoms. The highest BCUT2D eigenvalue weighted by molar-refractivity contribution is 7.99. The van der Waals surface area contributed by atoms with Crippen LogP contribution in [0.3, 0.4) is 0 Å². The molecule has 1 unspecified atom stereocenters. The van der Waals surface area contributed by atoms with E-state index in [4.69, 9.17) is 0 Å². The number of hydrogen-bond acceptors (Lipinski definition) is 4. The Kier molecular flexibility index (Phi) is 3.83. The lowest BCUT2D eigenvalue weighted by molar-refractivity contribution is 0.0931. The van der Waals surface area contributed by atoms with Gasteiger partial charge in [-0.3, -0.25) is 9.69 Å². The van der Waals surface area contributed by atoms with E-state index in [-0.39, 0.29) is 5.78 Å². The van der Waals surface area contributed by atoms with Gasteiger partial charge in [-0.15, -0.1) is 11.3 Å². The number of carbonyl (C=O) groups excluding carboxylic acids is 1. The number of likely N-dealkylation sites (N-methyl/N-ethyl adjacent to an activating group) is 1. The van der Waals surface area contributed by atoms with Crippen LogP contribution in [-0.4, -0.2) is 41.8 Å². The molecule has 4 heteroatoms. The first-order chi connectivity index (χ1) is 7.27. The number of thiophene rings is 1. The first kappa shape index (κ1) is 11.2. The van der Waals surface area contributed by atoms with Gasteiger partial charge in [-0.05, 0) is 30.7 Å². The maximum absolute atomic E-state index is 11.8. The van der Waals surface area contributed by atoms with E-state index in [0.29, 0.717) is 12.6 Å². The van der Waals surface area contributed by atoms with Crippen LogP contribution in [0.1, 0.15) is 16.1 Å². The number of ketones is 1. The molecule has 1 fully saturated rings. The smallest absolute Gasteiger partial charge is 0.186 e. The van der Waals surface area contributed by atoms with Gasteiger partial charge in [0.15, 0.2) is 5.78 Å². The third kappa shape index (κ3) is 2.83. The minimum absolute atomic E-state index is 0.254. The van der Waals surface area contributed by atoms with Gasteiger partial charge in [0, 0.05) is 11.8 Å². The lowest BCUT2D eigenvalue weighted by Gasteiger charge is -2.22. The lowest BCUT2D eigenvalue weighted by atomic mass is 10.2. The SMILES string of the molecule is CN(CC(=O)c1cccs1)C1CCSC1. The van der Waals surface area contributed by atoms with E-state index in [2.05, 4.69) is 11.9 Å². The lowest BCUT2D eigenvalue weighted by Crippen LogP contribution is -2.35. The summed E-state index contributed by atoms with van der Waals surface area (Å²) in [5, 5.41) is 1.96. The molecule has 15 heavy (non-hydrogen) atoms. The van der Waals surface area contributed by atoms with Crippen molar-refractivity contribution in [2.24, 2.45) is 0 Å². The number of carbonyl (C=O) groups is 1.